The molecule has 3 aromatic rings. The normalized spacial score (nSPS) is 18.3. The summed E-state index contributed by atoms with van der Waals surface area (Å²) >= 11 is 0. The molecule has 0 saturated carbocycles. The van der Waals surface area contributed by atoms with Gasteiger partial charge in [-0.1, -0.05) is 6.07 Å². The van der Waals surface area contributed by atoms with Crippen LogP contribution in [0, 0.1) is 0 Å². The number of aromatic amines is 1. The van der Waals surface area contributed by atoms with Gasteiger partial charge in [0.05, 0.1) is 0 Å². The van der Waals surface area contributed by atoms with Crippen LogP contribution in [0.4, 0.5) is 0 Å². The zero-order chi connectivity index (χ0) is 17.9. The first-order valence-corrected chi connectivity index (χ1v) is 9.21. The van der Waals surface area contributed by atoms with Crippen molar-refractivity contribution in [2.45, 2.75) is 38.8 Å². The van der Waals surface area contributed by atoms with Crippen LogP contribution in [-0.4, -0.2) is 42.3 Å². The van der Waals surface area contributed by atoms with Crippen LogP contribution in [0.15, 0.2) is 47.5 Å². The molecule has 7 nitrogen and oxygen atoms in total. The lowest BCUT2D eigenvalue weighted by Crippen LogP contribution is -2.36. The van der Waals surface area contributed by atoms with Crippen molar-refractivity contribution in [3.05, 3.63) is 64.7 Å². The van der Waals surface area contributed by atoms with E-state index in [1.54, 1.807) is 4.57 Å². The van der Waals surface area contributed by atoms with Crippen LogP contribution in [0.1, 0.15) is 37.2 Å². The molecule has 26 heavy (non-hydrogen) atoms. The van der Waals surface area contributed by atoms with Crippen molar-refractivity contribution in [3.63, 3.8) is 0 Å². The molecule has 4 rings (SSSR count). The third kappa shape index (κ3) is 3.22. The molecule has 0 radical (unpaired) electrons. The summed E-state index contributed by atoms with van der Waals surface area (Å²) in [6, 6.07) is 10.2. The summed E-state index contributed by atoms with van der Waals surface area (Å²) in [5, 5.41) is 6.89. The summed E-state index contributed by atoms with van der Waals surface area (Å²) < 4.78 is 3.89. The van der Waals surface area contributed by atoms with Gasteiger partial charge in [0.1, 0.15) is 11.6 Å². The summed E-state index contributed by atoms with van der Waals surface area (Å²) in [5.74, 6) is 2.12. The molecule has 0 bridgehead atoms. The van der Waals surface area contributed by atoms with E-state index in [0.29, 0.717) is 12.5 Å². The molecule has 136 valence electrons. The molecule has 4 heterocycles. The topological polar surface area (TPSA) is 71.7 Å². The number of H-pyrrole nitrogens is 1. The molecule has 3 aromatic heterocycles. The van der Waals surface area contributed by atoms with Crippen LogP contribution in [-0.2, 0) is 13.1 Å². The van der Waals surface area contributed by atoms with E-state index in [9.17, 15) is 4.79 Å². The number of hydrogen-bond acceptors (Lipinski definition) is 4. The van der Waals surface area contributed by atoms with E-state index in [-0.39, 0.29) is 5.69 Å². The maximum atomic E-state index is 11.9. The van der Waals surface area contributed by atoms with Crippen molar-refractivity contribution in [1.29, 1.82) is 0 Å². The lowest BCUT2D eigenvalue weighted by Gasteiger charge is -2.32. The van der Waals surface area contributed by atoms with E-state index >= 15 is 0 Å². The Morgan fingerprint density at radius 3 is 3.00 bits per heavy atom. The molecule has 0 amide bonds. The Hall–Kier alpha value is -2.67. The number of nitrogens with one attached hydrogen (secondary N) is 1. The van der Waals surface area contributed by atoms with E-state index in [1.807, 2.05) is 31.3 Å². The second-order valence-electron chi connectivity index (χ2n) is 6.76. The average molecular weight is 352 g/mol. The Balaban J connectivity index is 1.51. The maximum absolute atomic E-state index is 11.9. The molecule has 1 fully saturated rings. The molecule has 0 unspecified atom stereocenters. The Bertz CT molecular complexity index is 910. The SMILES string of the molecule is CCn1c([C@@H]2CCCN(Cc3cccn3-c3ccccn3)C2)n[nH]c1=O. The minimum Gasteiger partial charge on any atom is -0.304 e. The zero-order valence-corrected chi connectivity index (χ0v) is 15.0. The molecule has 1 atom stereocenters. The highest BCUT2D eigenvalue weighted by Crippen LogP contribution is 2.26. The minimum atomic E-state index is -0.108. The van der Waals surface area contributed by atoms with E-state index in [4.69, 9.17) is 0 Å². The quantitative estimate of drug-likeness (QED) is 0.764. The average Bonchev–Trinajstić information content (AvgIpc) is 3.29. The Labute approximate surface area is 152 Å². The predicted octanol–water partition coefficient (Wildman–Crippen LogP) is 2.16. The lowest BCUT2D eigenvalue weighted by molar-refractivity contribution is 0.191. The second kappa shape index (κ2) is 7.29. The molecular weight excluding hydrogens is 328 g/mol. The third-order valence-corrected chi connectivity index (χ3v) is 5.09. The van der Waals surface area contributed by atoms with Crippen molar-refractivity contribution in [1.82, 2.24) is 29.2 Å². The fraction of sp³-hybridized carbons (Fsp3) is 0.421. The molecular formula is C19H24N6O. The van der Waals surface area contributed by atoms with Gasteiger partial charge in [-0.3, -0.25) is 9.47 Å². The van der Waals surface area contributed by atoms with Crippen LogP contribution >= 0.6 is 0 Å². The fourth-order valence-electron chi connectivity index (χ4n) is 3.85. The summed E-state index contributed by atoms with van der Waals surface area (Å²) in [4.78, 5) is 18.8. The molecule has 0 aromatic carbocycles. The van der Waals surface area contributed by atoms with Gasteiger partial charge < -0.3 is 4.57 Å². The van der Waals surface area contributed by atoms with Crippen molar-refractivity contribution in [2.75, 3.05) is 13.1 Å². The molecule has 7 heteroatoms. The first kappa shape index (κ1) is 16.8. The van der Waals surface area contributed by atoms with Gasteiger partial charge in [0.2, 0.25) is 0 Å². The van der Waals surface area contributed by atoms with Gasteiger partial charge in [-0.15, -0.1) is 0 Å². The van der Waals surface area contributed by atoms with Crippen LogP contribution in [0.25, 0.3) is 5.82 Å². The Morgan fingerprint density at radius 1 is 1.27 bits per heavy atom. The van der Waals surface area contributed by atoms with E-state index in [1.165, 1.54) is 5.69 Å². The molecule has 1 N–H and O–H groups in total. The summed E-state index contributed by atoms with van der Waals surface area (Å²) in [7, 11) is 0. The van der Waals surface area contributed by atoms with Crippen LogP contribution < -0.4 is 5.69 Å². The van der Waals surface area contributed by atoms with Crippen LogP contribution in [0.5, 0.6) is 0 Å². The Morgan fingerprint density at radius 2 is 2.19 bits per heavy atom. The number of pyridine rings is 1. The maximum Gasteiger partial charge on any atom is 0.343 e. The largest absolute Gasteiger partial charge is 0.343 e. The zero-order valence-electron chi connectivity index (χ0n) is 15.0. The van der Waals surface area contributed by atoms with Gasteiger partial charge in [-0.25, -0.2) is 14.9 Å². The number of aromatic nitrogens is 5. The Kier molecular flexibility index (Phi) is 4.71. The van der Waals surface area contributed by atoms with Gasteiger partial charge >= 0.3 is 5.69 Å². The highest BCUT2D eigenvalue weighted by atomic mass is 16.1. The van der Waals surface area contributed by atoms with Crippen molar-refractivity contribution < 1.29 is 0 Å². The van der Waals surface area contributed by atoms with Gasteiger partial charge in [0.25, 0.3) is 0 Å². The predicted molar refractivity (Wildman–Crippen MR) is 99.3 cm³/mol. The highest BCUT2D eigenvalue weighted by Gasteiger charge is 2.26. The molecule has 0 aliphatic carbocycles. The summed E-state index contributed by atoms with van der Waals surface area (Å²) in [6.07, 6.45) is 6.06. The van der Waals surface area contributed by atoms with Gasteiger partial charge in [-0.2, -0.15) is 5.10 Å². The van der Waals surface area contributed by atoms with Gasteiger partial charge in [0.15, 0.2) is 0 Å². The molecule has 1 aliphatic rings. The first-order chi connectivity index (χ1) is 12.8. The van der Waals surface area contributed by atoms with Crippen LogP contribution in [0.3, 0.4) is 0 Å². The standard InChI is InChI=1S/C19H24N6O/c1-2-24-18(21-22-19(24)26)15-7-5-11-23(13-15)14-16-8-6-12-25(16)17-9-3-4-10-20-17/h3-4,6,8-10,12,15H,2,5,7,11,13-14H2,1H3,(H,22,26)/t15-/m1/s1. The van der Waals surface area contributed by atoms with Crippen molar-refractivity contribution >= 4 is 0 Å². The van der Waals surface area contributed by atoms with E-state index in [0.717, 1.165) is 44.1 Å². The third-order valence-electron chi connectivity index (χ3n) is 5.09. The molecule has 0 spiro atoms. The minimum absolute atomic E-state index is 0.108. The van der Waals surface area contributed by atoms with Crippen LogP contribution in [0.2, 0.25) is 0 Å². The molecule has 1 aliphatic heterocycles. The van der Waals surface area contributed by atoms with Gasteiger partial charge in [-0.05, 0) is 50.6 Å². The van der Waals surface area contributed by atoms with E-state index in [2.05, 4.69) is 43.0 Å². The number of piperidine rings is 1. The number of rotatable bonds is 5. The number of likely N-dealkylation sites (tertiary alicyclic amines) is 1. The van der Waals surface area contributed by atoms with Gasteiger partial charge in [0, 0.05) is 43.6 Å². The number of hydrogen-bond donors (Lipinski definition) is 1. The summed E-state index contributed by atoms with van der Waals surface area (Å²) in [5.41, 5.74) is 1.11. The monoisotopic (exact) mass is 352 g/mol. The number of nitrogens with zero attached hydrogens (tertiary/aromatic N) is 5. The first-order valence-electron chi connectivity index (χ1n) is 9.21. The van der Waals surface area contributed by atoms with Crippen molar-refractivity contribution in [3.8, 4) is 5.82 Å². The van der Waals surface area contributed by atoms with E-state index < -0.39 is 0 Å². The summed E-state index contributed by atoms with van der Waals surface area (Å²) in [6.45, 7) is 5.48. The van der Waals surface area contributed by atoms with Crippen molar-refractivity contribution in [2.24, 2.45) is 0 Å². The lowest BCUT2D eigenvalue weighted by atomic mass is 9.97. The molecule has 1 saturated heterocycles. The fourth-order valence-corrected chi connectivity index (χ4v) is 3.85. The highest BCUT2D eigenvalue weighted by molar-refractivity contribution is 5.27. The second-order valence-corrected chi connectivity index (χ2v) is 6.76. The smallest absolute Gasteiger partial charge is 0.304 e.